The van der Waals surface area contributed by atoms with Crippen LogP contribution in [0.15, 0.2) is 47.3 Å². The Kier molecular flexibility index (Phi) is 4.01. The van der Waals surface area contributed by atoms with Crippen molar-refractivity contribution in [1.29, 1.82) is 0 Å². The number of hydrogen-bond acceptors (Lipinski definition) is 2. The summed E-state index contributed by atoms with van der Waals surface area (Å²) in [5, 5.41) is 1.31. The summed E-state index contributed by atoms with van der Waals surface area (Å²) in [5.74, 6) is 0.335. The highest BCUT2D eigenvalue weighted by Gasteiger charge is 2.07. The second kappa shape index (κ2) is 5.95. The Morgan fingerprint density at radius 3 is 2.64 bits per heavy atom. The molecule has 0 radical (unpaired) electrons. The molecule has 1 N–H and O–H groups in total. The molecule has 110 valence electrons. The van der Waals surface area contributed by atoms with Gasteiger partial charge in [-0.3, -0.25) is 4.79 Å². The maximum absolute atomic E-state index is 12.1. The molecule has 0 saturated heterocycles. The molecular formula is C17H12Cl2N2O. The second-order valence-corrected chi connectivity index (χ2v) is 5.82. The van der Waals surface area contributed by atoms with Gasteiger partial charge in [0.15, 0.2) is 5.82 Å². The van der Waals surface area contributed by atoms with Gasteiger partial charge in [-0.25, -0.2) is 4.98 Å². The van der Waals surface area contributed by atoms with Crippen LogP contribution in [0.2, 0.25) is 5.02 Å². The summed E-state index contributed by atoms with van der Waals surface area (Å²) in [7, 11) is 0. The number of nitrogens with zero attached hydrogens (tertiary/aromatic N) is 1. The molecule has 0 bridgehead atoms. The first-order chi connectivity index (χ1) is 10.5. The van der Waals surface area contributed by atoms with E-state index in [1.54, 1.807) is 24.3 Å². The summed E-state index contributed by atoms with van der Waals surface area (Å²) in [6.07, 6.45) is 1.76. The zero-order valence-corrected chi connectivity index (χ0v) is 13.2. The third-order valence-corrected chi connectivity index (χ3v) is 3.79. The molecule has 22 heavy (non-hydrogen) atoms. The van der Waals surface area contributed by atoms with E-state index in [-0.39, 0.29) is 5.56 Å². The van der Waals surface area contributed by atoms with Crippen LogP contribution in [0.3, 0.4) is 0 Å². The van der Waals surface area contributed by atoms with Crippen LogP contribution in [0, 0.1) is 6.92 Å². The molecule has 3 aromatic rings. The lowest BCUT2D eigenvalue weighted by molar-refractivity contribution is 1.14. The lowest BCUT2D eigenvalue weighted by atomic mass is 10.1. The van der Waals surface area contributed by atoms with Crippen molar-refractivity contribution >= 4 is 45.2 Å². The van der Waals surface area contributed by atoms with Gasteiger partial charge in [-0.2, -0.15) is 0 Å². The number of benzene rings is 2. The van der Waals surface area contributed by atoms with E-state index in [0.29, 0.717) is 26.8 Å². The fourth-order valence-electron chi connectivity index (χ4n) is 2.10. The molecule has 3 nitrogen and oxygen atoms in total. The van der Waals surface area contributed by atoms with Crippen molar-refractivity contribution in [3.8, 4) is 0 Å². The van der Waals surface area contributed by atoms with Crippen molar-refractivity contribution < 1.29 is 0 Å². The van der Waals surface area contributed by atoms with Crippen molar-refractivity contribution in [3.05, 3.63) is 74.8 Å². The van der Waals surface area contributed by atoms with E-state index in [4.69, 9.17) is 23.2 Å². The maximum Gasteiger partial charge on any atom is 0.259 e. The third-order valence-electron chi connectivity index (χ3n) is 3.26. The molecule has 3 rings (SSSR count). The Morgan fingerprint density at radius 1 is 1.18 bits per heavy atom. The van der Waals surface area contributed by atoms with Crippen molar-refractivity contribution in [2.45, 2.75) is 6.92 Å². The molecule has 1 heterocycles. The van der Waals surface area contributed by atoms with E-state index in [9.17, 15) is 4.79 Å². The van der Waals surface area contributed by atoms with E-state index in [2.05, 4.69) is 9.97 Å². The summed E-state index contributed by atoms with van der Waals surface area (Å²) in [6, 6.07) is 12.9. The molecule has 0 fully saturated rings. The molecule has 2 aromatic carbocycles. The Labute approximate surface area is 137 Å². The highest BCUT2D eigenvalue weighted by molar-refractivity contribution is 6.50. The van der Waals surface area contributed by atoms with Crippen LogP contribution in [0.5, 0.6) is 0 Å². The summed E-state index contributed by atoms with van der Waals surface area (Å²) in [6.45, 7) is 2.02. The van der Waals surface area contributed by atoms with Crippen molar-refractivity contribution in [2.24, 2.45) is 0 Å². The average molecular weight is 331 g/mol. The van der Waals surface area contributed by atoms with Gasteiger partial charge in [0, 0.05) is 5.02 Å². The largest absolute Gasteiger partial charge is 0.305 e. The quantitative estimate of drug-likeness (QED) is 0.745. The fourth-order valence-corrected chi connectivity index (χ4v) is 2.49. The Bertz CT molecular complexity index is 928. The lowest BCUT2D eigenvalue weighted by Gasteiger charge is -2.03. The normalized spacial score (nSPS) is 11.9. The molecule has 0 saturated carbocycles. The Hall–Kier alpha value is -2.10. The molecule has 0 amide bonds. The van der Waals surface area contributed by atoms with E-state index in [1.165, 1.54) is 5.56 Å². The van der Waals surface area contributed by atoms with E-state index >= 15 is 0 Å². The van der Waals surface area contributed by atoms with Gasteiger partial charge in [0.05, 0.1) is 15.9 Å². The van der Waals surface area contributed by atoms with Gasteiger partial charge < -0.3 is 4.98 Å². The number of hydrogen-bond donors (Lipinski definition) is 1. The Balaban J connectivity index is 2.07. The summed E-state index contributed by atoms with van der Waals surface area (Å²) >= 11 is 12.2. The van der Waals surface area contributed by atoms with E-state index in [1.807, 2.05) is 31.2 Å². The first kappa shape index (κ1) is 14.8. The van der Waals surface area contributed by atoms with Gasteiger partial charge in [-0.1, -0.05) is 53.0 Å². The molecule has 0 atom stereocenters. The minimum atomic E-state index is -0.266. The standard InChI is InChI=1S/C17H12Cl2N2O/c1-10-2-4-11(5-3-10)8-14(19)16-20-15-7-6-12(18)9-13(15)17(22)21-16/h2-9H,1H3,(H,20,21,22)/b14-8-. The topological polar surface area (TPSA) is 45.8 Å². The van der Waals surface area contributed by atoms with Crippen LogP contribution >= 0.6 is 23.2 Å². The maximum atomic E-state index is 12.1. The number of H-pyrrole nitrogens is 1. The lowest BCUT2D eigenvalue weighted by Crippen LogP contribution is -2.10. The zero-order chi connectivity index (χ0) is 15.7. The van der Waals surface area contributed by atoms with Crippen LogP contribution in [0.1, 0.15) is 17.0 Å². The average Bonchev–Trinajstić information content (AvgIpc) is 2.50. The first-order valence-electron chi connectivity index (χ1n) is 6.67. The molecule has 0 spiro atoms. The number of rotatable bonds is 2. The first-order valence-corrected chi connectivity index (χ1v) is 7.42. The Morgan fingerprint density at radius 2 is 1.91 bits per heavy atom. The van der Waals surface area contributed by atoms with E-state index in [0.717, 1.165) is 5.56 Å². The summed E-state index contributed by atoms with van der Waals surface area (Å²) in [5.41, 5.74) is 2.40. The number of fused-ring (bicyclic) bond motifs is 1. The molecule has 5 heteroatoms. The van der Waals surface area contributed by atoms with Crippen LogP contribution < -0.4 is 5.56 Å². The summed E-state index contributed by atoms with van der Waals surface area (Å²) in [4.78, 5) is 19.2. The smallest absolute Gasteiger partial charge is 0.259 e. The third kappa shape index (κ3) is 3.06. The van der Waals surface area contributed by atoms with Gasteiger partial charge in [-0.15, -0.1) is 0 Å². The predicted octanol–water partition coefficient (Wildman–Crippen LogP) is 4.62. The van der Waals surface area contributed by atoms with Crippen LogP contribution in [0.25, 0.3) is 22.0 Å². The van der Waals surface area contributed by atoms with Crippen LogP contribution in [-0.4, -0.2) is 9.97 Å². The fraction of sp³-hybridized carbons (Fsp3) is 0.0588. The number of aryl methyl sites for hydroxylation is 1. The van der Waals surface area contributed by atoms with Gasteiger partial charge >= 0.3 is 0 Å². The van der Waals surface area contributed by atoms with E-state index < -0.39 is 0 Å². The molecule has 0 aliphatic carbocycles. The second-order valence-electron chi connectivity index (χ2n) is 4.98. The number of halogens is 2. The zero-order valence-electron chi connectivity index (χ0n) is 11.7. The number of aromatic nitrogens is 2. The van der Waals surface area contributed by atoms with Gasteiger partial charge in [0.2, 0.25) is 0 Å². The molecule has 0 aliphatic heterocycles. The molecular weight excluding hydrogens is 319 g/mol. The molecule has 0 unspecified atom stereocenters. The van der Waals surface area contributed by atoms with Crippen LogP contribution in [0.4, 0.5) is 0 Å². The van der Waals surface area contributed by atoms with Gasteiger partial charge in [0.1, 0.15) is 0 Å². The number of aromatic amines is 1. The highest BCUT2D eigenvalue weighted by atomic mass is 35.5. The van der Waals surface area contributed by atoms with Crippen molar-refractivity contribution in [2.75, 3.05) is 0 Å². The minimum absolute atomic E-state index is 0.266. The SMILES string of the molecule is Cc1ccc(/C=C(\Cl)c2nc3ccc(Cl)cc3c(=O)[nH]2)cc1. The minimum Gasteiger partial charge on any atom is -0.305 e. The predicted molar refractivity (Wildman–Crippen MR) is 92.3 cm³/mol. The van der Waals surface area contributed by atoms with Gasteiger partial charge in [0.25, 0.3) is 5.56 Å². The highest BCUT2D eigenvalue weighted by Crippen LogP contribution is 2.21. The van der Waals surface area contributed by atoms with Gasteiger partial charge in [-0.05, 0) is 36.8 Å². The molecule has 0 aliphatic rings. The van der Waals surface area contributed by atoms with Crippen LogP contribution in [-0.2, 0) is 0 Å². The van der Waals surface area contributed by atoms with Crippen molar-refractivity contribution in [3.63, 3.8) is 0 Å². The monoisotopic (exact) mass is 330 g/mol. The molecule has 1 aromatic heterocycles. The van der Waals surface area contributed by atoms with Crippen molar-refractivity contribution in [1.82, 2.24) is 9.97 Å². The summed E-state index contributed by atoms with van der Waals surface area (Å²) < 4.78 is 0. The number of nitrogens with one attached hydrogen (secondary N) is 1.